The molecule has 12 heteroatoms. The van der Waals surface area contributed by atoms with Crippen LogP contribution in [0.3, 0.4) is 0 Å². The Kier molecular flexibility index (Phi) is 6.09. The highest BCUT2D eigenvalue weighted by molar-refractivity contribution is 6.30. The largest absolute Gasteiger partial charge is 0.494 e. The molecule has 0 saturated heterocycles. The summed E-state index contributed by atoms with van der Waals surface area (Å²) in [7, 11) is 1.56. The second-order valence-corrected chi connectivity index (χ2v) is 8.41. The summed E-state index contributed by atoms with van der Waals surface area (Å²) in [6.07, 6.45) is 0.393. The van der Waals surface area contributed by atoms with Crippen molar-refractivity contribution >= 4 is 34.7 Å². The summed E-state index contributed by atoms with van der Waals surface area (Å²) < 4.78 is 54.3. The van der Waals surface area contributed by atoms with Gasteiger partial charge in [0.05, 0.1) is 48.8 Å². The summed E-state index contributed by atoms with van der Waals surface area (Å²) in [5.41, 5.74) is 1.35. The Balaban J connectivity index is 1.48. The van der Waals surface area contributed by atoms with Crippen molar-refractivity contribution in [1.29, 1.82) is 0 Å². The molecule has 0 saturated carbocycles. The van der Waals surface area contributed by atoms with Gasteiger partial charge >= 0.3 is 6.18 Å². The van der Waals surface area contributed by atoms with E-state index < -0.39 is 11.7 Å². The Morgan fingerprint density at radius 3 is 2.64 bits per heavy atom. The molecule has 3 heterocycles. The number of nitrogens with one attached hydrogen (secondary N) is 1. The van der Waals surface area contributed by atoms with Crippen LogP contribution in [0, 0.1) is 6.92 Å². The van der Waals surface area contributed by atoms with Crippen molar-refractivity contribution < 1.29 is 22.6 Å². The molecule has 0 amide bonds. The summed E-state index contributed by atoms with van der Waals surface area (Å²) in [4.78, 5) is 14.4. The van der Waals surface area contributed by atoms with Crippen molar-refractivity contribution in [2.24, 2.45) is 0 Å². The van der Waals surface area contributed by atoms with Crippen molar-refractivity contribution in [1.82, 2.24) is 19.5 Å². The van der Waals surface area contributed by atoms with Crippen LogP contribution in [-0.4, -0.2) is 39.8 Å². The minimum Gasteiger partial charge on any atom is -0.494 e. The van der Waals surface area contributed by atoms with Crippen LogP contribution in [0.4, 0.5) is 36.3 Å². The van der Waals surface area contributed by atoms with Gasteiger partial charge in [-0.15, -0.1) is 0 Å². The third-order valence-corrected chi connectivity index (χ3v) is 5.78. The van der Waals surface area contributed by atoms with Gasteiger partial charge in [0.1, 0.15) is 12.4 Å². The third kappa shape index (κ3) is 4.61. The zero-order chi connectivity index (χ0) is 25.4. The van der Waals surface area contributed by atoms with Crippen molar-refractivity contribution in [3.63, 3.8) is 0 Å². The molecule has 1 aliphatic rings. The van der Waals surface area contributed by atoms with E-state index in [0.29, 0.717) is 11.4 Å². The van der Waals surface area contributed by atoms with Gasteiger partial charge in [0.15, 0.2) is 11.6 Å². The highest BCUT2D eigenvalue weighted by atomic mass is 35.5. The van der Waals surface area contributed by atoms with Crippen molar-refractivity contribution in [3.8, 4) is 17.2 Å². The van der Waals surface area contributed by atoms with E-state index in [1.165, 1.54) is 23.2 Å². The summed E-state index contributed by atoms with van der Waals surface area (Å²) in [6, 6.07) is 9.07. The molecule has 5 rings (SSSR count). The Morgan fingerprint density at radius 2 is 1.92 bits per heavy atom. The molecule has 0 atom stereocenters. The number of alkyl halides is 3. The number of imidazole rings is 1. The SMILES string of the molecule is COc1cc(Nc2ncc3c(n2)N(c2ccc(Cl)cc2C(F)(F)F)CCO3)ccc1-n1cnc(C)c1. The molecule has 0 radical (unpaired) electrons. The summed E-state index contributed by atoms with van der Waals surface area (Å²) in [5, 5.41) is 3.08. The number of nitrogens with zero attached hydrogens (tertiary/aromatic N) is 5. The maximum Gasteiger partial charge on any atom is 0.418 e. The van der Waals surface area contributed by atoms with Crippen molar-refractivity contribution in [2.45, 2.75) is 13.1 Å². The highest BCUT2D eigenvalue weighted by Gasteiger charge is 2.37. The molecular weight excluding hydrogens is 497 g/mol. The maximum atomic E-state index is 13.8. The number of anilines is 4. The molecule has 2 aromatic carbocycles. The Bertz CT molecular complexity index is 1430. The number of halogens is 4. The molecule has 1 N–H and O–H groups in total. The topological polar surface area (TPSA) is 77.3 Å². The summed E-state index contributed by atoms with van der Waals surface area (Å²) >= 11 is 5.86. The molecule has 8 nitrogen and oxygen atoms in total. The first-order chi connectivity index (χ1) is 17.2. The van der Waals surface area contributed by atoms with Gasteiger partial charge in [0.2, 0.25) is 5.95 Å². The first kappa shape index (κ1) is 23.7. The Morgan fingerprint density at radius 1 is 1.11 bits per heavy atom. The lowest BCUT2D eigenvalue weighted by Gasteiger charge is -2.31. The second kappa shape index (κ2) is 9.23. The monoisotopic (exact) mass is 516 g/mol. The smallest absolute Gasteiger partial charge is 0.418 e. The zero-order valence-electron chi connectivity index (χ0n) is 19.2. The van der Waals surface area contributed by atoms with E-state index in [1.807, 2.05) is 29.8 Å². The first-order valence-electron chi connectivity index (χ1n) is 10.8. The molecule has 0 fully saturated rings. The average molecular weight is 517 g/mol. The minimum atomic E-state index is -4.60. The fraction of sp³-hybridized carbons (Fsp3) is 0.208. The molecular formula is C24H20ClF3N6O2. The number of hydrogen-bond acceptors (Lipinski definition) is 7. The average Bonchev–Trinajstić information content (AvgIpc) is 3.29. The van der Waals surface area contributed by atoms with Crippen LogP contribution in [0.15, 0.2) is 55.1 Å². The predicted molar refractivity (Wildman–Crippen MR) is 129 cm³/mol. The molecule has 2 aromatic heterocycles. The lowest BCUT2D eigenvalue weighted by Crippen LogP contribution is -2.31. The molecule has 0 aliphatic carbocycles. The number of fused-ring (bicyclic) bond motifs is 1. The van der Waals surface area contributed by atoms with Crippen LogP contribution >= 0.6 is 11.6 Å². The lowest BCUT2D eigenvalue weighted by molar-refractivity contribution is -0.137. The molecule has 1 aliphatic heterocycles. The predicted octanol–water partition coefficient (Wildman–Crippen LogP) is 5.93. The van der Waals surface area contributed by atoms with Crippen LogP contribution < -0.4 is 19.7 Å². The van der Waals surface area contributed by atoms with Crippen LogP contribution in [-0.2, 0) is 6.18 Å². The van der Waals surface area contributed by atoms with Gasteiger partial charge in [-0.2, -0.15) is 18.2 Å². The van der Waals surface area contributed by atoms with Crippen LogP contribution in [0.25, 0.3) is 5.69 Å². The van der Waals surface area contributed by atoms with E-state index in [4.69, 9.17) is 21.1 Å². The van der Waals surface area contributed by atoms with Gasteiger partial charge in [-0.25, -0.2) is 9.97 Å². The van der Waals surface area contributed by atoms with Gasteiger partial charge in [-0.1, -0.05) is 11.6 Å². The molecule has 36 heavy (non-hydrogen) atoms. The number of benzene rings is 2. The van der Waals surface area contributed by atoms with Gasteiger partial charge < -0.3 is 24.3 Å². The first-order valence-corrected chi connectivity index (χ1v) is 11.2. The summed E-state index contributed by atoms with van der Waals surface area (Å²) in [5.74, 6) is 1.25. The number of rotatable bonds is 5. The Hall–Kier alpha value is -3.99. The molecule has 0 bridgehead atoms. The number of aromatic nitrogens is 4. The van der Waals surface area contributed by atoms with Gasteiger partial charge in [0.25, 0.3) is 0 Å². The number of hydrogen-bond donors (Lipinski definition) is 1. The van der Waals surface area contributed by atoms with Gasteiger partial charge in [-0.05, 0) is 37.3 Å². The molecule has 4 aromatic rings. The second-order valence-electron chi connectivity index (χ2n) is 7.97. The third-order valence-electron chi connectivity index (χ3n) is 5.54. The van der Waals surface area contributed by atoms with Crippen molar-refractivity contribution in [3.05, 3.63) is 71.4 Å². The minimum absolute atomic E-state index is 0.00662. The standard InChI is InChI=1S/C24H20ClF3N6O2/c1-14-12-33(13-30-14)19-6-4-16(10-20(19)35-2)31-23-29-11-21-22(32-23)34(7-8-36-21)18-5-3-15(25)9-17(18)24(26,27)28/h3-6,9-13H,7-8H2,1-2H3,(H,29,31,32). The Labute approximate surface area is 209 Å². The van der Waals surface area contributed by atoms with Crippen LogP contribution in [0.1, 0.15) is 11.3 Å². The van der Waals surface area contributed by atoms with Crippen LogP contribution in [0.2, 0.25) is 5.02 Å². The number of ether oxygens (including phenoxy) is 2. The van der Waals surface area contributed by atoms with E-state index in [1.54, 1.807) is 19.5 Å². The molecule has 0 spiro atoms. The zero-order valence-corrected chi connectivity index (χ0v) is 19.9. The van der Waals surface area contributed by atoms with E-state index >= 15 is 0 Å². The summed E-state index contributed by atoms with van der Waals surface area (Å²) in [6.45, 7) is 2.23. The fourth-order valence-electron chi connectivity index (χ4n) is 3.93. The molecule has 0 unspecified atom stereocenters. The van der Waals surface area contributed by atoms with E-state index in [2.05, 4.69) is 20.3 Å². The normalized spacial score (nSPS) is 13.2. The lowest BCUT2D eigenvalue weighted by atomic mass is 10.1. The molecule has 186 valence electrons. The maximum absolute atomic E-state index is 13.8. The van der Waals surface area contributed by atoms with Crippen molar-refractivity contribution in [2.75, 3.05) is 30.5 Å². The van der Waals surface area contributed by atoms with E-state index in [0.717, 1.165) is 17.4 Å². The fourth-order valence-corrected chi connectivity index (χ4v) is 4.10. The van der Waals surface area contributed by atoms with E-state index in [-0.39, 0.29) is 41.4 Å². The van der Waals surface area contributed by atoms with Crippen LogP contribution in [0.5, 0.6) is 11.5 Å². The quantitative estimate of drug-likeness (QED) is 0.352. The highest BCUT2D eigenvalue weighted by Crippen LogP contribution is 2.43. The van der Waals surface area contributed by atoms with Gasteiger partial charge in [-0.3, -0.25) is 0 Å². The number of aryl methyl sites for hydroxylation is 1. The van der Waals surface area contributed by atoms with Gasteiger partial charge in [0, 0.05) is 23.0 Å². The number of methoxy groups -OCH3 is 1. The van der Waals surface area contributed by atoms with E-state index in [9.17, 15) is 13.2 Å².